The van der Waals surface area contributed by atoms with Gasteiger partial charge in [0.1, 0.15) is 0 Å². The van der Waals surface area contributed by atoms with Crippen molar-refractivity contribution >= 4 is 21.1 Å². The summed E-state index contributed by atoms with van der Waals surface area (Å²) in [7, 11) is -6.81. The molecule has 0 saturated heterocycles. The molecule has 0 heterocycles. The van der Waals surface area contributed by atoms with Crippen LogP contribution in [0.2, 0.25) is 0 Å². The van der Waals surface area contributed by atoms with Gasteiger partial charge in [-0.3, -0.25) is 13.9 Å². The summed E-state index contributed by atoms with van der Waals surface area (Å²) in [6.07, 6.45) is 2.46. The predicted molar refractivity (Wildman–Crippen MR) is 117 cm³/mol. The minimum Gasteiger partial charge on any atom is -0.352 e. The van der Waals surface area contributed by atoms with Gasteiger partial charge < -0.3 is 23.4 Å². The van der Waals surface area contributed by atoms with Crippen molar-refractivity contribution in [1.82, 2.24) is 5.32 Å². The van der Waals surface area contributed by atoms with Crippen LogP contribution in [0.15, 0.2) is 12.2 Å². The second kappa shape index (κ2) is 15.3. The summed E-state index contributed by atoms with van der Waals surface area (Å²) in [4.78, 5) is 12.3. The number of nitrogens with one attached hydrogen (secondary N) is 1. The van der Waals surface area contributed by atoms with Gasteiger partial charge in [-0.05, 0) is 46.5 Å². The molecule has 0 radical (unpaired) electrons. The normalized spacial score (nSPS) is 12.3. The number of hydrogen-bond donors (Lipinski definition) is 1. The lowest BCUT2D eigenvalue weighted by Crippen LogP contribution is -2.33. The van der Waals surface area contributed by atoms with E-state index in [-0.39, 0.29) is 51.2 Å². The number of amides is 1. The van der Waals surface area contributed by atoms with Crippen LogP contribution < -0.4 is 5.32 Å². The van der Waals surface area contributed by atoms with E-state index in [4.69, 9.17) is 18.1 Å². The molecule has 0 spiro atoms. The zero-order valence-electron chi connectivity index (χ0n) is 18.6. The maximum Gasteiger partial charge on any atom is 0.331 e. The van der Waals surface area contributed by atoms with Gasteiger partial charge >= 0.3 is 15.2 Å². The Morgan fingerprint density at radius 3 is 1.62 bits per heavy atom. The summed E-state index contributed by atoms with van der Waals surface area (Å²) >= 11 is 0. The van der Waals surface area contributed by atoms with Crippen LogP contribution in [0.4, 0.5) is 0 Å². The number of unbranched alkanes of at least 4 members (excludes halogenated alkanes) is 1. The van der Waals surface area contributed by atoms with E-state index >= 15 is 0 Å². The van der Waals surface area contributed by atoms with Crippen LogP contribution in [0.5, 0.6) is 0 Å². The fourth-order valence-electron chi connectivity index (χ4n) is 2.76. The maximum absolute atomic E-state index is 13.0. The zero-order chi connectivity index (χ0) is 22.3. The molecule has 0 unspecified atom stereocenters. The van der Waals surface area contributed by atoms with Crippen LogP contribution in [-0.4, -0.2) is 51.2 Å². The Bertz CT molecular complexity index is 531. The molecule has 1 amide bonds. The molecule has 10 heteroatoms. The van der Waals surface area contributed by atoms with E-state index in [0.29, 0.717) is 12.0 Å². The highest BCUT2D eigenvalue weighted by molar-refractivity contribution is 7.55. The van der Waals surface area contributed by atoms with Gasteiger partial charge in [-0.25, -0.2) is 0 Å². The number of carbonyl (C=O) groups excluding carboxylic acids is 1. The summed E-state index contributed by atoms with van der Waals surface area (Å²) < 4.78 is 47.5. The third kappa shape index (κ3) is 12.1. The summed E-state index contributed by atoms with van der Waals surface area (Å²) in [6, 6.07) is 0. The molecule has 0 aromatic heterocycles. The smallest absolute Gasteiger partial charge is 0.331 e. The molecule has 0 aliphatic heterocycles. The molecule has 0 aliphatic rings. The molecule has 29 heavy (non-hydrogen) atoms. The van der Waals surface area contributed by atoms with Crippen molar-refractivity contribution in [1.29, 1.82) is 0 Å². The molecule has 0 bridgehead atoms. The first-order valence-electron chi connectivity index (χ1n) is 10.4. The molecular formula is C19H39NO7P2. The van der Waals surface area contributed by atoms with Crippen LogP contribution in [0.3, 0.4) is 0 Å². The Balaban J connectivity index is 5.36. The van der Waals surface area contributed by atoms with Crippen molar-refractivity contribution in [3.8, 4) is 0 Å². The van der Waals surface area contributed by atoms with Gasteiger partial charge in [-0.2, -0.15) is 0 Å². The fraction of sp³-hybridized carbons (Fsp3) is 0.842. The molecule has 1 N–H and O–H groups in total. The zero-order valence-corrected chi connectivity index (χ0v) is 20.4. The molecular weight excluding hydrogens is 416 g/mol. The summed E-state index contributed by atoms with van der Waals surface area (Å²) in [6.45, 7) is 13.8. The maximum atomic E-state index is 13.0. The van der Waals surface area contributed by atoms with Crippen molar-refractivity contribution < 1.29 is 32.0 Å². The SMILES string of the molecule is C=C(CCCC)C(=O)NCC(CP(=O)(OCC)OCC)CP(=O)(OCC)OCC. The third-order valence-corrected chi connectivity index (χ3v) is 8.50. The van der Waals surface area contributed by atoms with Crippen LogP contribution >= 0.6 is 15.2 Å². The molecule has 172 valence electrons. The minimum absolute atomic E-state index is 0.000531. The third-order valence-electron chi connectivity index (χ3n) is 3.97. The Morgan fingerprint density at radius 2 is 1.28 bits per heavy atom. The topological polar surface area (TPSA) is 100 Å². The van der Waals surface area contributed by atoms with E-state index in [9.17, 15) is 13.9 Å². The number of carbonyl (C=O) groups is 1. The Labute approximate surface area is 176 Å². The summed E-state index contributed by atoms with van der Waals surface area (Å²) in [5, 5.41) is 2.80. The Kier molecular flexibility index (Phi) is 15.1. The van der Waals surface area contributed by atoms with Crippen molar-refractivity contribution in [3.05, 3.63) is 12.2 Å². The van der Waals surface area contributed by atoms with E-state index in [1.165, 1.54) is 0 Å². The van der Waals surface area contributed by atoms with Crippen molar-refractivity contribution in [2.24, 2.45) is 5.92 Å². The summed E-state index contributed by atoms with van der Waals surface area (Å²) in [5.41, 5.74) is 0.487. The lowest BCUT2D eigenvalue weighted by molar-refractivity contribution is -0.117. The van der Waals surface area contributed by atoms with E-state index in [0.717, 1.165) is 12.8 Å². The second-order valence-electron chi connectivity index (χ2n) is 6.54. The van der Waals surface area contributed by atoms with Gasteiger partial charge in [0.25, 0.3) is 0 Å². The lowest BCUT2D eigenvalue weighted by Gasteiger charge is -2.26. The Hall–Kier alpha value is -0.490. The minimum atomic E-state index is -3.41. The first-order valence-corrected chi connectivity index (χ1v) is 13.9. The van der Waals surface area contributed by atoms with E-state index in [2.05, 4.69) is 11.9 Å². The van der Waals surface area contributed by atoms with Gasteiger partial charge in [0.15, 0.2) is 0 Å². The first-order chi connectivity index (χ1) is 13.7. The molecule has 0 atom stereocenters. The lowest BCUT2D eigenvalue weighted by atomic mass is 10.1. The van der Waals surface area contributed by atoms with Gasteiger partial charge in [-0.15, -0.1) is 0 Å². The van der Waals surface area contributed by atoms with Crippen LogP contribution in [0, 0.1) is 5.92 Å². The standard InChI is InChI=1S/C19H39NO7P2/c1-7-12-13-17(6)19(21)20-14-18(15-28(22,24-8-2)25-9-3)16-29(23,26-10-4)27-11-5/h18H,6-16H2,1-5H3,(H,20,21). The molecule has 0 aliphatic carbocycles. The molecule has 0 saturated carbocycles. The van der Waals surface area contributed by atoms with Crippen molar-refractivity contribution in [2.75, 3.05) is 45.3 Å². The van der Waals surface area contributed by atoms with Gasteiger partial charge in [-0.1, -0.05) is 19.9 Å². The molecule has 0 fully saturated rings. The van der Waals surface area contributed by atoms with Gasteiger partial charge in [0.05, 0.1) is 38.8 Å². The van der Waals surface area contributed by atoms with Gasteiger partial charge in [0, 0.05) is 12.1 Å². The highest BCUT2D eigenvalue weighted by Crippen LogP contribution is 2.54. The van der Waals surface area contributed by atoms with Crippen molar-refractivity contribution in [3.63, 3.8) is 0 Å². The Morgan fingerprint density at radius 1 is 0.862 bits per heavy atom. The summed E-state index contributed by atoms with van der Waals surface area (Å²) in [5.74, 6) is -0.750. The van der Waals surface area contributed by atoms with Crippen molar-refractivity contribution in [2.45, 2.75) is 53.9 Å². The highest BCUT2D eigenvalue weighted by atomic mass is 31.2. The predicted octanol–water partition coefficient (Wildman–Crippen LogP) is 5.00. The average molecular weight is 455 g/mol. The van der Waals surface area contributed by atoms with Crippen LogP contribution in [0.1, 0.15) is 53.9 Å². The van der Waals surface area contributed by atoms with E-state index in [1.807, 2.05) is 6.92 Å². The number of rotatable bonds is 18. The highest BCUT2D eigenvalue weighted by Gasteiger charge is 2.35. The largest absolute Gasteiger partial charge is 0.352 e. The van der Waals surface area contributed by atoms with Gasteiger partial charge in [0.2, 0.25) is 5.91 Å². The van der Waals surface area contributed by atoms with E-state index < -0.39 is 21.1 Å². The molecule has 0 aromatic carbocycles. The molecule has 0 aromatic rings. The average Bonchev–Trinajstić information content (AvgIpc) is 2.64. The van der Waals surface area contributed by atoms with E-state index in [1.54, 1.807) is 27.7 Å². The van der Waals surface area contributed by atoms with Crippen LogP contribution in [-0.2, 0) is 32.0 Å². The molecule has 0 rings (SSSR count). The monoisotopic (exact) mass is 455 g/mol. The van der Waals surface area contributed by atoms with Crippen LogP contribution in [0.25, 0.3) is 0 Å². The number of hydrogen-bond acceptors (Lipinski definition) is 7. The molecule has 8 nitrogen and oxygen atoms in total. The second-order valence-corrected chi connectivity index (χ2v) is 10.7. The quantitative estimate of drug-likeness (QED) is 0.229. The fourth-order valence-corrected chi connectivity index (χ4v) is 6.89. The first kappa shape index (κ1) is 28.5.